The average molecular weight is 338 g/mol. The predicted octanol–water partition coefficient (Wildman–Crippen LogP) is 3.28. The molecular weight excluding hydrogens is 321 g/mol. The molecule has 2 aromatic heterocycles. The van der Waals surface area contributed by atoms with Crippen LogP contribution in [0.15, 0.2) is 24.4 Å². The summed E-state index contributed by atoms with van der Waals surface area (Å²) in [6, 6.07) is 5.24. The number of anilines is 1. The Bertz CT molecular complexity index is 731. The summed E-state index contributed by atoms with van der Waals surface area (Å²) in [4.78, 5) is 16.7. The van der Waals surface area contributed by atoms with Crippen LogP contribution in [0, 0.1) is 23.7 Å². The fourth-order valence-electron chi connectivity index (χ4n) is 4.38. The first-order valence-electron chi connectivity index (χ1n) is 8.12. The van der Waals surface area contributed by atoms with Crippen molar-refractivity contribution >= 4 is 17.5 Å². The van der Waals surface area contributed by atoms with Gasteiger partial charge in [-0.2, -0.15) is 18.2 Å². The molecule has 3 aliphatic rings. The minimum Gasteiger partial charge on any atom is -0.293 e. The van der Waals surface area contributed by atoms with Crippen molar-refractivity contribution in [1.29, 1.82) is 0 Å². The van der Waals surface area contributed by atoms with Gasteiger partial charge >= 0.3 is 6.18 Å². The normalized spacial score (nSPS) is 29.8. The van der Waals surface area contributed by atoms with Crippen molar-refractivity contribution in [2.45, 2.75) is 31.9 Å². The Balaban J connectivity index is 1.60. The zero-order valence-electron chi connectivity index (χ0n) is 12.8. The number of pyridine rings is 1. The Morgan fingerprint density at radius 3 is 2.54 bits per heavy atom. The third kappa shape index (κ3) is 2.53. The van der Waals surface area contributed by atoms with Gasteiger partial charge in [0, 0.05) is 6.20 Å². The summed E-state index contributed by atoms with van der Waals surface area (Å²) in [7, 11) is 0. The first kappa shape index (κ1) is 15.4. The van der Waals surface area contributed by atoms with E-state index in [0.717, 1.165) is 0 Å². The molecule has 5 rings (SSSR count). The van der Waals surface area contributed by atoms with Gasteiger partial charge in [-0.25, -0.2) is 4.52 Å². The van der Waals surface area contributed by atoms with Crippen LogP contribution in [0.3, 0.4) is 0 Å². The van der Waals surface area contributed by atoms with E-state index in [1.165, 1.54) is 4.52 Å². The standard InChI is InChI=1S/C16H17F3N4O/c17-16(18,19)13-10-6-4-9(5-7-10)12(13)14(24)21-15-20-11-3-1-2-8-23(11)22-15/h1-3,8-10,12-13H,4-7H2,(H,21,22,24)/t9?,10?,12-,13-/m0/s1. The molecule has 8 heteroatoms. The van der Waals surface area contributed by atoms with Gasteiger partial charge in [0.15, 0.2) is 5.65 Å². The third-order valence-corrected chi connectivity index (χ3v) is 5.38. The molecule has 3 saturated carbocycles. The Morgan fingerprint density at radius 1 is 1.17 bits per heavy atom. The molecule has 3 aliphatic carbocycles. The minimum atomic E-state index is -4.35. The van der Waals surface area contributed by atoms with Gasteiger partial charge in [-0.15, -0.1) is 5.10 Å². The highest BCUT2D eigenvalue weighted by molar-refractivity contribution is 5.91. The number of nitrogens with zero attached hydrogens (tertiary/aromatic N) is 3. The second-order valence-electron chi connectivity index (χ2n) is 6.70. The van der Waals surface area contributed by atoms with E-state index in [4.69, 9.17) is 0 Å². The molecule has 3 fully saturated rings. The first-order valence-corrected chi connectivity index (χ1v) is 8.12. The van der Waals surface area contributed by atoms with Crippen molar-refractivity contribution in [3.63, 3.8) is 0 Å². The van der Waals surface area contributed by atoms with Gasteiger partial charge in [0.25, 0.3) is 0 Å². The van der Waals surface area contributed by atoms with Crippen molar-refractivity contribution in [3.8, 4) is 0 Å². The van der Waals surface area contributed by atoms with Gasteiger partial charge in [0.1, 0.15) is 0 Å². The molecule has 2 heterocycles. The maximum Gasteiger partial charge on any atom is 0.392 e. The van der Waals surface area contributed by atoms with Gasteiger partial charge < -0.3 is 0 Å². The number of hydrogen-bond donors (Lipinski definition) is 1. The Morgan fingerprint density at radius 2 is 1.88 bits per heavy atom. The van der Waals surface area contributed by atoms with Gasteiger partial charge in [0.2, 0.25) is 11.9 Å². The molecule has 0 aromatic carbocycles. The maximum absolute atomic E-state index is 13.5. The molecule has 0 aliphatic heterocycles. The van der Waals surface area contributed by atoms with E-state index in [1.807, 2.05) is 0 Å². The van der Waals surface area contributed by atoms with Crippen LogP contribution < -0.4 is 5.32 Å². The van der Waals surface area contributed by atoms with Crippen molar-refractivity contribution < 1.29 is 18.0 Å². The zero-order valence-corrected chi connectivity index (χ0v) is 12.8. The first-order chi connectivity index (χ1) is 11.4. The van der Waals surface area contributed by atoms with Crippen LogP contribution in [0.5, 0.6) is 0 Å². The summed E-state index contributed by atoms with van der Waals surface area (Å²) >= 11 is 0. The summed E-state index contributed by atoms with van der Waals surface area (Å²) in [6.45, 7) is 0. The highest BCUT2D eigenvalue weighted by atomic mass is 19.4. The highest BCUT2D eigenvalue weighted by Crippen LogP contribution is 2.54. The molecule has 128 valence electrons. The fraction of sp³-hybridized carbons (Fsp3) is 0.562. The van der Waals surface area contributed by atoms with Crippen LogP contribution in [-0.2, 0) is 4.79 Å². The number of fused-ring (bicyclic) bond motifs is 4. The van der Waals surface area contributed by atoms with Gasteiger partial charge in [-0.05, 0) is 49.7 Å². The molecule has 5 nitrogen and oxygen atoms in total. The molecule has 1 amide bonds. The Kier molecular flexibility index (Phi) is 3.51. The lowest BCUT2D eigenvalue weighted by molar-refractivity contribution is -0.227. The molecule has 0 saturated heterocycles. The lowest BCUT2D eigenvalue weighted by Crippen LogP contribution is -2.51. The number of nitrogens with one attached hydrogen (secondary N) is 1. The lowest BCUT2D eigenvalue weighted by atomic mass is 9.58. The maximum atomic E-state index is 13.5. The number of carbonyl (C=O) groups is 1. The predicted molar refractivity (Wildman–Crippen MR) is 80.1 cm³/mol. The number of hydrogen-bond acceptors (Lipinski definition) is 3. The zero-order chi connectivity index (χ0) is 16.9. The van der Waals surface area contributed by atoms with Gasteiger partial charge in [0.05, 0.1) is 11.8 Å². The monoisotopic (exact) mass is 338 g/mol. The van der Waals surface area contributed by atoms with Crippen molar-refractivity contribution in [2.24, 2.45) is 23.7 Å². The van der Waals surface area contributed by atoms with Gasteiger partial charge in [-0.1, -0.05) is 6.07 Å². The van der Waals surface area contributed by atoms with Crippen LogP contribution in [0.2, 0.25) is 0 Å². The van der Waals surface area contributed by atoms with Crippen molar-refractivity contribution in [1.82, 2.24) is 14.6 Å². The highest BCUT2D eigenvalue weighted by Gasteiger charge is 2.58. The lowest BCUT2D eigenvalue weighted by Gasteiger charge is -2.48. The minimum absolute atomic E-state index is 0.0496. The van der Waals surface area contributed by atoms with Crippen LogP contribution in [-0.4, -0.2) is 26.7 Å². The van der Waals surface area contributed by atoms with Crippen LogP contribution in [0.25, 0.3) is 5.65 Å². The smallest absolute Gasteiger partial charge is 0.293 e. The summed E-state index contributed by atoms with van der Waals surface area (Å²) < 4.78 is 42.0. The molecule has 2 aromatic rings. The number of halogens is 3. The number of alkyl halides is 3. The fourth-order valence-corrected chi connectivity index (χ4v) is 4.38. The second-order valence-corrected chi connectivity index (χ2v) is 6.70. The van der Waals surface area contributed by atoms with Crippen LogP contribution >= 0.6 is 0 Å². The molecule has 1 N–H and O–H groups in total. The Labute approximate surface area is 136 Å². The molecule has 0 unspecified atom stereocenters. The van der Waals surface area contributed by atoms with E-state index in [0.29, 0.717) is 31.3 Å². The van der Waals surface area contributed by atoms with Crippen molar-refractivity contribution in [2.75, 3.05) is 5.32 Å². The van der Waals surface area contributed by atoms with E-state index in [1.54, 1.807) is 24.4 Å². The SMILES string of the molecule is O=C(Nc1nc2ccccn2n1)[C@H]1C2CCC(CC2)[C@@H]1C(F)(F)F. The summed E-state index contributed by atoms with van der Waals surface area (Å²) in [5.74, 6) is -3.80. The number of carbonyl (C=O) groups excluding carboxylic acids is 1. The topological polar surface area (TPSA) is 59.3 Å². The number of rotatable bonds is 2. The molecule has 2 bridgehead atoms. The van der Waals surface area contributed by atoms with Crippen LogP contribution in [0.4, 0.5) is 19.1 Å². The largest absolute Gasteiger partial charge is 0.392 e. The summed E-state index contributed by atoms with van der Waals surface area (Å²) in [6.07, 6.45) is -0.185. The van der Waals surface area contributed by atoms with Crippen LogP contribution in [0.1, 0.15) is 25.7 Å². The number of aromatic nitrogens is 3. The van der Waals surface area contributed by atoms with Gasteiger partial charge in [-0.3, -0.25) is 10.1 Å². The molecular formula is C16H17F3N4O. The van der Waals surface area contributed by atoms with E-state index < -0.39 is 29.8 Å². The Hall–Kier alpha value is -2.12. The average Bonchev–Trinajstić information content (AvgIpc) is 2.96. The van der Waals surface area contributed by atoms with Crippen molar-refractivity contribution in [3.05, 3.63) is 24.4 Å². The summed E-state index contributed by atoms with van der Waals surface area (Å²) in [5, 5.41) is 6.60. The second kappa shape index (κ2) is 5.46. The number of amides is 1. The molecule has 2 atom stereocenters. The third-order valence-electron chi connectivity index (χ3n) is 5.38. The van der Waals surface area contributed by atoms with E-state index >= 15 is 0 Å². The summed E-state index contributed by atoms with van der Waals surface area (Å²) in [5.41, 5.74) is 0.533. The molecule has 24 heavy (non-hydrogen) atoms. The molecule has 0 radical (unpaired) electrons. The molecule has 0 spiro atoms. The van der Waals surface area contributed by atoms with E-state index in [-0.39, 0.29) is 11.9 Å². The quantitative estimate of drug-likeness (QED) is 0.914. The van der Waals surface area contributed by atoms with E-state index in [2.05, 4.69) is 15.4 Å². The van der Waals surface area contributed by atoms with E-state index in [9.17, 15) is 18.0 Å².